The minimum Gasteiger partial charge on any atom is -0.494 e. The summed E-state index contributed by atoms with van der Waals surface area (Å²) in [5, 5.41) is 10.00. The molecule has 11 heteroatoms. The van der Waals surface area contributed by atoms with E-state index in [1.807, 2.05) is 35.2 Å². The molecule has 0 radical (unpaired) electrons. The Balaban J connectivity index is 1.31. The van der Waals surface area contributed by atoms with E-state index in [-0.39, 0.29) is 23.8 Å². The van der Waals surface area contributed by atoms with Gasteiger partial charge in [0.25, 0.3) is 5.91 Å². The number of aromatic nitrogens is 2. The van der Waals surface area contributed by atoms with Crippen molar-refractivity contribution in [2.24, 2.45) is 0 Å². The molecular weight excluding hydrogens is 539 g/mol. The van der Waals surface area contributed by atoms with Crippen LogP contribution in [-0.2, 0) is 0 Å². The minimum atomic E-state index is -0.571. The third-order valence-electron chi connectivity index (χ3n) is 6.25. The average molecular weight is 567 g/mol. The van der Waals surface area contributed by atoms with E-state index in [1.165, 1.54) is 24.6 Å². The van der Waals surface area contributed by atoms with E-state index in [4.69, 9.17) is 16.3 Å². The van der Waals surface area contributed by atoms with Gasteiger partial charge in [-0.05, 0) is 44.2 Å². The maximum absolute atomic E-state index is 14.6. The first kappa shape index (κ1) is 26.9. The lowest BCUT2D eigenvalue weighted by Crippen LogP contribution is -2.54. The van der Waals surface area contributed by atoms with Gasteiger partial charge in [-0.3, -0.25) is 4.79 Å². The van der Waals surface area contributed by atoms with E-state index < -0.39 is 5.82 Å². The first-order valence-electron chi connectivity index (χ1n) is 12.5. The van der Waals surface area contributed by atoms with Crippen molar-refractivity contribution < 1.29 is 13.9 Å². The number of carbonyl (C=O) groups is 1. The second-order valence-electron chi connectivity index (χ2n) is 9.38. The molecule has 202 valence electrons. The highest BCUT2D eigenvalue weighted by Gasteiger charge is 2.24. The number of hydrogen-bond acceptors (Lipinski definition) is 8. The smallest absolute Gasteiger partial charge is 0.265 e. The van der Waals surface area contributed by atoms with Crippen LogP contribution >= 0.6 is 22.9 Å². The van der Waals surface area contributed by atoms with Gasteiger partial charge < -0.3 is 25.6 Å². The normalized spacial score (nSPS) is 17.1. The summed E-state index contributed by atoms with van der Waals surface area (Å²) >= 11 is 7.65. The van der Waals surface area contributed by atoms with Gasteiger partial charge in [0.1, 0.15) is 5.75 Å². The molecule has 4 aromatic rings. The van der Waals surface area contributed by atoms with Gasteiger partial charge in [-0.1, -0.05) is 29.8 Å². The highest BCUT2D eigenvalue weighted by atomic mass is 35.5. The topological polar surface area (TPSA) is 91.4 Å². The van der Waals surface area contributed by atoms with Crippen LogP contribution < -0.4 is 25.6 Å². The van der Waals surface area contributed by atoms with Crippen molar-refractivity contribution in [1.82, 2.24) is 15.3 Å². The molecule has 0 aliphatic carbocycles. The number of ether oxygens (including phenoxy) is 1. The molecule has 3 heterocycles. The molecule has 3 N–H and O–H groups in total. The fraction of sp³-hybridized carbons (Fsp3) is 0.250. The predicted octanol–water partition coefficient (Wildman–Crippen LogP) is 6.19. The standard InChI is InChI=1S/C28H28ClFN6O2S/c1-16-14-36(15-17(2)32-16)28-31-13-21(30)26(35-28)33-18-8-9-22(23(12-18)38-3)34-27(37)25-11-10-24(39-25)19-6-4-5-7-20(19)29/h4-13,16-17,32H,14-15H2,1-3H3,(H,34,37)(H,31,33,35)/t16-,17+. The van der Waals surface area contributed by atoms with Gasteiger partial charge >= 0.3 is 0 Å². The van der Waals surface area contributed by atoms with Crippen LogP contribution in [-0.4, -0.2) is 48.2 Å². The number of halogens is 2. The number of carbonyl (C=O) groups excluding carboxylic acids is 1. The lowest BCUT2D eigenvalue weighted by atomic mass is 10.1. The van der Waals surface area contributed by atoms with Gasteiger partial charge in [0.05, 0.1) is 23.9 Å². The highest BCUT2D eigenvalue weighted by Crippen LogP contribution is 2.35. The molecule has 2 aromatic carbocycles. The Morgan fingerprint density at radius 3 is 2.67 bits per heavy atom. The Kier molecular flexibility index (Phi) is 7.97. The molecular formula is C28H28ClFN6O2S. The Morgan fingerprint density at radius 1 is 1.15 bits per heavy atom. The first-order valence-corrected chi connectivity index (χ1v) is 13.6. The molecule has 8 nitrogen and oxygen atoms in total. The molecule has 0 saturated carbocycles. The summed E-state index contributed by atoms with van der Waals surface area (Å²) < 4.78 is 20.1. The minimum absolute atomic E-state index is 0.0587. The molecule has 0 unspecified atom stereocenters. The molecule has 1 saturated heterocycles. The number of thiophene rings is 1. The summed E-state index contributed by atoms with van der Waals surface area (Å²) in [4.78, 5) is 25.1. The SMILES string of the molecule is COc1cc(Nc2nc(N3C[C@@H](C)N[C@@H](C)C3)ncc2F)ccc1NC(=O)c1ccc(-c2ccccc2Cl)s1. The Hall–Kier alpha value is -3.73. The van der Waals surface area contributed by atoms with Crippen LogP contribution in [0.3, 0.4) is 0 Å². The zero-order valence-corrected chi connectivity index (χ0v) is 23.2. The summed E-state index contributed by atoms with van der Waals surface area (Å²) in [5.74, 6) is 0.0859. The molecule has 39 heavy (non-hydrogen) atoms. The lowest BCUT2D eigenvalue weighted by Gasteiger charge is -2.36. The van der Waals surface area contributed by atoms with Gasteiger partial charge in [-0.25, -0.2) is 9.37 Å². The van der Waals surface area contributed by atoms with Crippen LogP contribution in [0.15, 0.2) is 60.8 Å². The van der Waals surface area contributed by atoms with Crippen LogP contribution in [0.25, 0.3) is 10.4 Å². The van der Waals surface area contributed by atoms with Crippen LogP contribution in [0.1, 0.15) is 23.5 Å². The number of hydrogen-bond donors (Lipinski definition) is 3. The van der Waals surface area contributed by atoms with Crippen LogP contribution in [0.5, 0.6) is 5.75 Å². The molecule has 0 spiro atoms. The maximum Gasteiger partial charge on any atom is 0.265 e. The van der Waals surface area contributed by atoms with Crippen molar-refractivity contribution in [3.8, 4) is 16.2 Å². The third kappa shape index (κ3) is 6.13. The number of amides is 1. The maximum atomic E-state index is 14.6. The summed E-state index contributed by atoms with van der Waals surface area (Å²) in [5.41, 5.74) is 1.90. The number of nitrogens with one attached hydrogen (secondary N) is 3. The van der Waals surface area contributed by atoms with Gasteiger partial charge in [0.2, 0.25) is 5.95 Å². The number of piperazine rings is 1. The molecule has 2 aromatic heterocycles. The van der Waals surface area contributed by atoms with E-state index in [2.05, 4.69) is 39.8 Å². The number of benzene rings is 2. The monoisotopic (exact) mass is 566 g/mol. The van der Waals surface area contributed by atoms with Gasteiger partial charge in [0, 0.05) is 52.4 Å². The van der Waals surface area contributed by atoms with Crippen molar-refractivity contribution in [1.29, 1.82) is 0 Å². The zero-order chi connectivity index (χ0) is 27.5. The van der Waals surface area contributed by atoms with Crippen molar-refractivity contribution >= 4 is 52.0 Å². The van der Waals surface area contributed by atoms with E-state index in [1.54, 1.807) is 24.3 Å². The van der Waals surface area contributed by atoms with E-state index in [9.17, 15) is 9.18 Å². The number of rotatable bonds is 7. The third-order valence-corrected chi connectivity index (χ3v) is 7.70. The molecule has 1 aliphatic rings. The van der Waals surface area contributed by atoms with E-state index in [0.717, 1.165) is 23.5 Å². The molecule has 1 aliphatic heterocycles. The molecule has 0 bridgehead atoms. The first-order chi connectivity index (χ1) is 18.8. The van der Waals surface area contributed by atoms with Gasteiger partial charge in [-0.2, -0.15) is 4.98 Å². The fourth-order valence-corrected chi connectivity index (χ4v) is 5.78. The second kappa shape index (κ2) is 11.6. The molecule has 1 amide bonds. The van der Waals surface area contributed by atoms with E-state index >= 15 is 0 Å². The number of anilines is 4. The van der Waals surface area contributed by atoms with Crippen molar-refractivity contribution in [3.05, 3.63) is 76.5 Å². The zero-order valence-electron chi connectivity index (χ0n) is 21.7. The highest BCUT2D eigenvalue weighted by molar-refractivity contribution is 7.17. The second-order valence-corrected chi connectivity index (χ2v) is 10.9. The number of nitrogens with zero attached hydrogens (tertiary/aromatic N) is 3. The van der Waals surface area contributed by atoms with Crippen molar-refractivity contribution in [2.45, 2.75) is 25.9 Å². The summed E-state index contributed by atoms with van der Waals surface area (Å²) in [6.45, 7) is 5.63. The molecule has 5 rings (SSSR count). The quantitative estimate of drug-likeness (QED) is 0.246. The van der Waals surface area contributed by atoms with Crippen molar-refractivity contribution in [3.63, 3.8) is 0 Å². The number of methoxy groups -OCH3 is 1. The van der Waals surface area contributed by atoms with Gasteiger partial charge in [0.15, 0.2) is 11.6 Å². The van der Waals surface area contributed by atoms with Crippen LogP contribution in [0.2, 0.25) is 5.02 Å². The largest absolute Gasteiger partial charge is 0.494 e. The van der Waals surface area contributed by atoms with E-state index in [0.29, 0.717) is 33.0 Å². The van der Waals surface area contributed by atoms with Crippen LogP contribution in [0, 0.1) is 5.82 Å². The Morgan fingerprint density at radius 2 is 1.92 bits per heavy atom. The fourth-order valence-electron chi connectivity index (χ4n) is 4.55. The summed E-state index contributed by atoms with van der Waals surface area (Å²) in [6, 6.07) is 16.8. The van der Waals surface area contributed by atoms with Gasteiger partial charge in [-0.15, -0.1) is 11.3 Å². The van der Waals surface area contributed by atoms with Crippen LogP contribution in [0.4, 0.5) is 27.5 Å². The molecule has 2 atom stereocenters. The molecule has 1 fully saturated rings. The Labute approximate surface area is 235 Å². The average Bonchev–Trinajstić information content (AvgIpc) is 3.41. The lowest BCUT2D eigenvalue weighted by molar-refractivity contribution is 0.103. The summed E-state index contributed by atoms with van der Waals surface area (Å²) in [6.07, 6.45) is 1.17. The predicted molar refractivity (Wildman–Crippen MR) is 155 cm³/mol. The summed E-state index contributed by atoms with van der Waals surface area (Å²) in [7, 11) is 1.51. The Bertz CT molecular complexity index is 1490. The van der Waals surface area contributed by atoms with Crippen molar-refractivity contribution in [2.75, 3.05) is 35.7 Å².